The molecule has 0 atom stereocenters. The minimum atomic E-state index is -0.587. The Bertz CT molecular complexity index is 590. The molecule has 2 aromatic carbocycles. The summed E-state index contributed by atoms with van der Waals surface area (Å²) in [6.07, 6.45) is 0. The Morgan fingerprint density at radius 3 is 2.58 bits per heavy atom. The lowest BCUT2D eigenvalue weighted by Gasteiger charge is -2.10. The number of rotatable bonds is 4. The highest BCUT2D eigenvalue weighted by Gasteiger charge is 2.07. The van der Waals surface area contributed by atoms with Gasteiger partial charge in [0.25, 0.3) is 0 Å². The van der Waals surface area contributed by atoms with Crippen molar-refractivity contribution in [2.45, 2.75) is 13.2 Å². The minimum Gasteiger partial charge on any atom is -0.486 e. The standard InChI is InChI=1S/C14H12BrF2NO/c15-12-5-9(7-18)1-2-10(12)8-19-14-6-11(16)3-4-13(14)17/h1-6H,7-8,18H2. The van der Waals surface area contributed by atoms with E-state index in [0.29, 0.717) is 6.54 Å². The first-order chi connectivity index (χ1) is 9.10. The quantitative estimate of drug-likeness (QED) is 0.927. The summed E-state index contributed by atoms with van der Waals surface area (Å²) < 4.78 is 32.5. The van der Waals surface area contributed by atoms with Gasteiger partial charge in [0, 0.05) is 22.6 Å². The van der Waals surface area contributed by atoms with Crippen LogP contribution >= 0.6 is 15.9 Å². The van der Waals surface area contributed by atoms with Gasteiger partial charge in [-0.1, -0.05) is 28.1 Å². The van der Waals surface area contributed by atoms with Gasteiger partial charge in [-0.05, 0) is 23.8 Å². The van der Waals surface area contributed by atoms with Gasteiger partial charge in [0.1, 0.15) is 12.4 Å². The van der Waals surface area contributed by atoms with Crippen LogP contribution in [0, 0.1) is 11.6 Å². The molecule has 0 saturated heterocycles. The molecule has 0 saturated carbocycles. The maximum Gasteiger partial charge on any atom is 0.165 e. The fraction of sp³-hybridized carbons (Fsp3) is 0.143. The summed E-state index contributed by atoms with van der Waals surface area (Å²) >= 11 is 3.39. The lowest BCUT2D eigenvalue weighted by Crippen LogP contribution is -2.01. The first-order valence-corrected chi connectivity index (χ1v) is 6.44. The summed E-state index contributed by atoms with van der Waals surface area (Å²) in [4.78, 5) is 0. The third-order valence-corrected chi connectivity index (χ3v) is 3.37. The van der Waals surface area contributed by atoms with Crippen LogP contribution in [0.15, 0.2) is 40.9 Å². The maximum atomic E-state index is 13.4. The van der Waals surface area contributed by atoms with Gasteiger partial charge < -0.3 is 10.5 Å². The highest BCUT2D eigenvalue weighted by molar-refractivity contribution is 9.10. The molecule has 0 amide bonds. The zero-order valence-electron chi connectivity index (χ0n) is 10.00. The molecular weight excluding hydrogens is 316 g/mol. The number of hydrogen-bond acceptors (Lipinski definition) is 2. The third kappa shape index (κ3) is 3.52. The van der Waals surface area contributed by atoms with E-state index < -0.39 is 11.6 Å². The topological polar surface area (TPSA) is 35.2 Å². The third-order valence-electron chi connectivity index (χ3n) is 2.63. The van der Waals surface area contributed by atoms with Crippen LogP contribution in [-0.2, 0) is 13.2 Å². The molecule has 0 spiro atoms. The smallest absolute Gasteiger partial charge is 0.165 e. The van der Waals surface area contributed by atoms with Crippen LogP contribution in [0.2, 0.25) is 0 Å². The fourth-order valence-electron chi connectivity index (χ4n) is 1.58. The molecule has 0 aromatic heterocycles. The van der Waals surface area contributed by atoms with Crippen molar-refractivity contribution in [3.8, 4) is 5.75 Å². The Labute approximate surface area is 118 Å². The molecule has 2 nitrogen and oxygen atoms in total. The predicted octanol–water partition coefficient (Wildman–Crippen LogP) is 3.77. The predicted molar refractivity (Wildman–Crippen MR) is 72.7 cm³/mol. The number of halogens is 3. The van der Waals surface area contributed by atoms with E-state index in [-0.39, 0.29) is 12.4 Å². The van der Waals surface area contributed by atoms with Gasteiger partial charge in [-0.25, -0.2) is 8.78 Å². The summed E-state index contributed by atoms with van der Waals surface area (Å²) in [5.41, 5.74) is 7.34. The van der Waals surface area contributed by atoms with Crippen molar-refractivity contribution in [1.29, 1.82) is 0 Å². The SMILES string of the molecule is NCc1ccc(COc2cc(F)ccc2F)c(Br)c1. The molecule has 2 N–H and O–H groups in total. The summed E-state index contributed by atoms with van der Waals surface area (Å²) in [6, 6.07) is 8.69. The lowest BCUT2D eigenvalue weighted by molar-refractivity contribution is 0.288. The summed E-state index contributed by atoms with van der Waals surface area (Å²) in [7, 11) is 0. The van der Waals surface area contributed by atoms with E-state index in [9.17, 15) is 8.78 Å². The van der Waals surface area contributed by atoms with E-state index in [1.807, 2.05) is 18.2 Å². The average molecular weight is 328 g/mol. The molecule has 100 valence electrons. The van der Waals surface area contributed by atoms with Crippen molar-refractivity contribution >= 4 is 15.9 Å². The summed E-state index contributed by atoms with van der Waals surface area (Å²) in [5, 5.41) is 0. The molecular formula is C14H12BrF2NO. The van der Waals surface area contributed by atoms with Gasteiger partial charge in [0.15, 0.2) is 11.6 Å². The van der Waals surface area contributed by atoms with Crippen LogP contribution in [0.5, 0.6) is 5.75 Å². The Hall–Kier alpha value is -1.46. The van der Waals surface area contributed by atoms with E-state index in [0.717, 1.165) is 33.8 Å². The maximum absolute atomic E-state index is 13.4. The van der Waals surface area contributed by atoms with Crippen LogP contribution in [0.4, 0.5) is 8.78 Å². The fourth-order valence-corrected chi connectivity index (χ4v) is 2.12. The highest BCUT2D eigenvalue weighted by Crippen LogP contribution is 2.23. The van der Waals surface area contributed by atoms with Gasteiger partial charge in [0.2, 0.25) is 0 Å². The van der Waals surface area contributed by atoms with Gasteiger partial charge in [-0.3, -0.25) is 0 Å². The Morgan fingerprint density at radius 2 is 1.89 bits per heavy atom. The van der Waals surface area contributed by atoms with E-state index in [4.69, 9.17) is 10.5 Å². The van der Waals surface area contributed by atoms with Crippen LogP contribution in [0.3, 0.4) is 0 Å². The second-order valence-corrected chi connectivity index (χ2v) is 4.85. The Kier molecular flexibility index (Phi) is 4.50. The molecule has 0 aliphatic rings. The molecule has 5 heteroatoms. The van der Waals surface area contributed by atoms with E-state index in [1.54, 1.807) is 0 Å². The average Bonchev–Trinajstić information content (AvgIpc) is 2.40. The molecule has 2 rings (SSSR count). The number of hydrogen-bond donors (Lipinski definition) is 1. The zero-order chi connectivity index (χ0) is 13.8. The molecule has 19 heavy (non-hydrogen) atoms. The molecule has 0 aliphatic carbocycles. The largest absolute Gasteiger partial charge is 0.486 e. The second-order valence-electron chi connectivity index (χ2n) is 3.99. The van der Waals surface area contributed by atoms with Crippen molar-refractivity contribution in [3.63, 3.8) is 0 Å². The Balaban J connectivity index is 2.12. The second kappa shape index (κ2) is 6.12. The van der Waals surface area contributed by atoms with E-state index in [2.05, 4.69) is 15.9 Å². The first-order valence-electron chi connectivity index (χ1n) is 5.65. The van der Waals surface area contributed by atoms with Crippen molar-refractivity contribution in [3.05, 3.63) is 63.6 Å². The van der Waals surface area contributed by atoms with E-state index in [1.165, 1.54) is 0 Å². The van der Waals surface area contributed by atoms with Gasteiger partial charge in [0.05, 0.1) is 0 Å². The summed E-state index contributed by atoms with van der Waals surface area (Å²) in [5.74, 6) is -1.22. The van der Waals surface area contributed by atoms with Crippen LogP contribution < -0.4 is 10.5 Å². The van der Waals surface area contributed by atoms with Crippen molar-refractivity contribution < 1.29 is 13.5 Å². The van der Waals surface area contributed by atoms with E-state index >= 15 is 0 Å². The highest BCUT2D eigenvalue weighted by atomic mass is 79.9. The number of ether oxygens (including phenoxy) is 1. The van der Waals surface area contributed by atoms with Crippen molar-refractivity contribution in [1.82, 2.24) is 0 Å². The molecule has 0 fully saturated rings. The molecule has 0 heterocycles. The lowest BCUT2D eigenvalue weighted by atomic mass is 10.1. The molecule has 0 aliphatic heterocycles. The zero-order valence-corrected chi connectivity index (χ0v) is 11.6. The molecule has 0 bridgehead atoms. The van der Waals surface area contributed by atoms with Crippen LogP contribution in [0.1, 0.15) is 11.1 Å². The number of nitrogens with two attached hydrogens (primary N) is 1. The molecule has 2 aromatic rings. The number of benzene rings is 2. The van der Waals surface area contributed by atoms with Gasteiger partial charge >= 0.3 is 0 Å². The van der Waals surface area contributed by atoms with Crippen molar-refractivity contribution in [2.75, 3.05) is 0 Å². The van der Waals surface area contributed by atoms with Crippen molar-refractivity contribution in [2.24, 2.45) is 5.73 Å². The van der Waals surface area contributed by atoms with Gasteiger partial charge in [-0.15, -0.1) is 0 Å². The first kappa shape index (κ1) is 14.0. The molecule has 0 unspecified atom stereocenters. The molecule has 0 radical (unpaired) electrons. The van der Waals surface area contributed by atoms with Crippen LogP contribution in [0.25, 0.3) is 0 Å². The summed E-state index contributed by atoms with van der Waals surface area (Å²) in [6.45, 7) is 0.587. The normalized spacial score (nSPS) is 10.5. The monoisotopic (exact) mass is 327 g/mol. The van der Waals surface area contributed by atoms with Gasteiger partial charge in [-0.2, -0.15) is 0 Å². The van der Waals surface area contributed by atoms with Crippen LogP contribution in [-0.4, -0.2) is 0 Å². The Morgan fingerprint density at radius 1 is 1.11 bits per heavy atom. The minimum absolute atomic E-state index is 0.102.